The van der Waals surface area contributed by atoms with E-state index in [1.807, 2.05) is 30.2 Å². The fourth-order valence-corrected chi connectivity index (χ4v) is 2.91. The molecule has 2 aromatic rings. The Kier molecular flexibility index (Phi) is 5.29. The standard InChI is InChI=1S/C18H25N5/c1-19-18(20-9-5-11-23-12-6-10-22-23)21-14-16-13-17(16)15-7-3-2-4-8-15/h2-4,6-8,10,12,16-17H,5,9,11,13-14H2,1H3,(H2,19,20,21). The Morgan fingerprint density at radius 2 is 2.13 bits per heavy atom. The minimum Gasteiger partial charge on any atom is -0.356 e. The Morgan fingerprint density at radius 1 is 1.26 bits per heavy atom. The van der Waals surface area contributed by atoms with Crippen LogP contribution in [0.5, 0.6) is 0 Å². The summed E-state index contributed by atoms with van der Waals surface area (Å²) in [7, 11) is 1.82. The van der Waals surface area contributed by atoms with Crippen molar-refractivity contribution in [2.45, 2.75) is 25.3 Å². The zero-order valence-corrected chi connectivity index (χ0v) is 13.7. The van der Waals surface area contributed by atoms with E-state index in [-0.39, 0.29) is 0 Å². The zero-order chi connectivity index (χ0) is 15.9. The number of benzene rings is 1. The maximum Gasteiger partial charge on any atom is 0.190 e. The summed E-state index contributed by atoms with van der Waals surface area (Å²) in [6, 6.07) is 12.7. The molecule has 1 fully saturated rings. The highest BCUT2D eigenvalue weighted by Crippen LogP contribution is 2.46. The minimum atomic E-state index is 0.710. The van der Waals surface area contributed by atoms with Gasteiger partial charge < -0.3 is 10.6 Å². The number of nitrogens with one attached hydrogen (secondary N) is 2. The van der Waals surface area contributed by atoms with Crippen LogP contribution in [0.2, 0.25) is 0 Å². The van der Waals surface area contributed by atoms with Gasteiger partial charge in [0.25, 0.3) is 0 Å². The van der Waals surface area contributed by atoms with Gasteiger partial charge in [0.2, 0.25) is 0 Å². The van der Waals surface area contributed by atoms with Crippen LogP contribution in [-0.2, 0) is 6.54 Å². The molecule has 3 rings (SSSR count). The van der Waals surface area contributed by atoms with Crippen molar-refractivity contribution >= 4 is 5.96 Å². The van der Waals surface area contributed by atoms with Crippen LogP contribution in [0.1, 0.15) is 24.3 Å². The molecular weight excluding hydrogens is 286 g/mol. The van der Waals surface area contributed by atoms with Gasteiger partial charge >= 0.3 is 0 Å². The predicted molar refractivity (Wildman–Crippen MR) is 93.5 cm³/mol. The summed E-state index contributed by atoms with van der Waals surface area (Å²) in [6.45, 7) is 2.81. The third-order valence-corrected chi connectivity index (χ3v) is 4.32. The van der Waals surface area contributed by atoms with Gasteiger partial charge in [0.05, 0.1) is 0 Å². The average Bonchev–Trinajstić information content (AvgIpc) is 3.19. The monoisotopic (exact) mass is 311 g/mol. The maximum absolute atomic E-state index is 4.29. The minimum absolute atomic E-state index is 0.710. The summed E-state index contributed by atoms with van der Waals surface area (Å²) in [6.07, 6.45) is 6.10. The van der Waals surface area contributed by atoms with Crippen molar-refractivity contribution in [1.29, 1.82) is 0 Å². The van der Waals surface area contributed by atoms with E-state index in [9.17, 15) is 0 Å². The molecule has 0 bridgehead atoms. The van der Waals surface area contributed by atoms with Crippen LogP contribution in [0.3, 0.4) is 0 Å². The second-order valence-electron chi connectivity index (χ2n) is 6.02. The number of hydrogen-bond donors (Lipinski definition) is 2. The molecule has 1 heterocycles. The molecule has 0 amide bonds. The normalized spacial score (nSPS) is 20.3. The second-order valence-corrected chi connectivity index (χ2v) is 6.02. The first kappa shape index (κ1) is 15.6. The third-order valence-electron chi connectivity index (χ3n) is 4.32. The predicted octanol–water partition coefficient (Wildman–Crippen LogP) is 2.24. The van der Waals surface area contributed by atoms with Crippen molar-refractivity contribution in [2.75, 3.05) is 20.1 Å². The molecule has 1 aromatic carbocycles. The molecule has 1 aliphatic carbocycles. The number of hydrogen-bond acceptors (Lipinski definition) is 2. The summed E-state index contributed by atoms with van der Waals surface area (Å²) < 4.78 is 1.95. The summed E-state index contributed by atoms with van der Waals surface area (Å²) in [4.78, 5) is 4.29. The van der Waals surface area contributed by atoms with Crippen LogP contribution < -0.4 is 10.6 Å². The van der Waals surface area contributed by atoms with Gasteiger partial charge in [-0.15, -0.1) is 0 Å². The smallest absolute Gasteiger partial charge is 0.190 e. The molecule has 122 valence electrons. The first-order chi connectivity index (χ1) is 11.4. The zero-order valence-electron chi connectivity index (χ0n) is 13.7. The van der Waals surface area contributed by atoms with E-state index in [2.05, 4.69) is 51.1 Å². The van der Waals surface area contributed by atoms with Crippen molar-refractivity contribution in [1.82, 2.24) is 20.4 Å². The van der Waals surface area contributed by atoms with Gasteiger partial charge in [-0.3, -0.25) is 9.67 Å². The molecule has 0 aliphatic heterocycles. The van der Waals surface area contributed by atoms with Gasteiger partial charge in [0.1, 0.15) is 0 Å². The number of aromatic nitrogens is 2. The van der Waals surface area contributed by atoms with Crippen LogP contribution in [-0.4, -0.2) is 35.9 Å². The molecule has 5 nitrogen and oxygen atoms in total. The Morgan fingerprint density at radius 3 is 2.87 bits per heavy atom. The molecule has 23 heavy (non-hydrogen) atoms. The lowest BCUT2D eigenvalue weighted by Crippen LogP contribution is -2.39. The Hall–Kier alpha value is -2.30. The van der Waals surface area contributed by atoms with Gasteiger partial charge in [0, 0.05) is 39.1 Å². The number of nitrogens with zero attached hydrogens (tertiary/aromatic N) is 3. The van der Waals surface area contributed by atoms with E-state index in [1.165, 1.54) is 12.0 Å². The Bertz CT molecular complexity index is 606. The first-order valence-corrected chi connectivity index (χ1v) is 8.33. The largest absolute Gasteiger partial charge is 0.356 e. The van der Waals surface area contributed by atoms with E-state index in [0.717, 1.165) is 37.9 Å². The quantitative estimate of drug-likeness (QED) is 0.468. The maximum atomic E-state index is 4.29. The third kappa shape index (κ3) is 4.58. The van der Waals surface area contributed by atoms with E-state index >= 15 is 0 Å². The van der Waals surface area contributed by atoms with E-state index < -0.39 is 0 Å². The highest BCUT2D eigenvalue weighted by atomic mass is 15.3. The van der Waals surface area contributed by atoms with Gasteiger partial charge in [-0.25, -0.2) is 0 Å². The number of rotatable bonds is 7. The Labute approximate surface area is 137 Å². The lowest BCUT2D eigenvalue weighted by atomic mass is 10.1. The number of guanidine groups is 1. The summed E-state index contributed by atoms with van der Waals surface area (Å²) >= 11 is 0. The van der Waals surface area contributed by atoms with Gasteiger partial charge in [-0.05, 0) is 36.3 Å². The van der Waals surface area contributed by atoms with Crippen molar-refractivity contribution in [2.24, 2.45) is 10.9 Å². The van der Waals surface area contributed by atoms with E-state index in [1.54, 1.807) is 0 Å². The molecule has 0 radical (unpaired) electrons. The molecule has 2 N–H and O–H groups in total. The van der Waals surface area contributed by atoms with Crippen LogP contribution in [0.4, 0.5) is 0 Å². The summed E-state index contributed by atoms with van der Waals surface area (Å²) in [5.41, 5.74) is 1.46. The van der Waals surface area contributed by atoms with Crippen LogP contribution in [0, 0.1) is 5.92 Å². The molecule has 0 saturated heterocycles. The van der Waals surface area contributed by atoms with Crippen LogP contribution in [0.15, 0.2) is 53.8 Å². The van der Waals surface area contributed by atoms with Crippen molar-refractivity contribution in [3.05, 3.63) is 54.4 Å². The highest BCUT2D eigenvalue weighted by molar-refractivity contribution is 5.79. The molecule has 0 spiro atoms. The first-order valence-electron chi connectivity index (χ1n) is 8.33. The Balaban J connectivity index is 1.33. The molecule has 2 atom stereocenters. The molecular formula is C18H25N5. The van der Waals surface area contributed by atoms with Crippen molar-refractivity contribution < 1.29 is 0 Å². The van der Waals surface area contributed by atoms with Crippen LogP contribution in [0.25, 0.3) is 0 Å². The van der Waals surface area contributed by atoms with E-state index in [0.29, 0.717) is 5.92 Å². The number of aliphatic imine (C=N–C) groups is 1. The fraction of sp³-hybridized carbons (Fsp3) is 0.444. The SMILES string of the molecule is CN=C(NCCCn1cccn1)NCC1CC1c1ccccc1. The van der Waals surface area contributed by atoms with Gasteiger partial charge in [-0.2, -0.15) is 5.10 Å². The summed E-state index contributed by atoms with van der Waals surface area (Å²) in [5.74, 6) is 2.32. The molecule has 2 unspecified atom stereocenters. The fourth-order valence-electron chi connectivity index (χ4n) is 2.91. The van der Waals surface area contributed by atoms with E-state index in [4.69, 9.17) is 0 Å². The number of aryl methyl sites for hydroxylation is 1. The van der Waals surface area contributed by atoms with Gasteiger partial charge in [0.15, 0.2) is 5.96 Å². The highest BCUT2D eigenvalue weighted by Gasteiger charge is 2.37. The molecule has 1 aromatic heterocycles. The van der Waals surface area contributed by atoms with Crippen LogP contribution >= 0.6 is 0 Å². The lowest BCUT2D eigenvalue weighted by Gasteiger charge is -2.12. The van der Waals surface area contributed by atoms with Crippen molar-refractivity contribution in [3.8, 4) is 0 Å². The lowest BCUT2D eigenvalue weighted by molar-refractivity contribution is 0.569. The molecule has 5 heteroatoms. The molecule has 1 aliphatic rings. The van der Waals surface area contributed by atoms with Gasteiger partial charge in [-0.1, -0.05) is 30.3 Å². The second kappa shape index (κ2) is 7.81. The summed E-state index contributed by atoms with van der Waals surface area (Å²) in [5, 5.41) is 11.0. The average molecular weight is 311 g/mol. The topological polar surface area (TPSA) is 54.2 Å². The van der Waals surface area contributed by atoms with Crippen molar-refractivity contribution in [3.63, 3.8) is 0 Å². The molecule has 1 saturated carbocycles.